The second-order valence-corrected chi connectivity index (χ2v) is 12.1. The highest BCUT2D eigenvalue weighted by molar-refractivity contribution is 6.24. The Labute approximate surface area is 237 Å². The summed E-state index contributed by atoms with van der Waals surface area (Å²) in [6.45, 7) is 3.50. The highest BCUT2D eigenvalue weighted by Crippen LogP contribution is 2.57. The first-order valence-electron chi connectivity index (χ1n) is 13.8. The van der Waals surface area contributed by atoms with Gasteiger partial charge in [0.1, 0.15) is 22.8 Å². The van der Waals surface area contributed by atoms with E-state index < -0.39 is 75.6 Å². The second-order valence-electron chi connectivity index (χ2n) is 12.1. The predicted molar refractivity (Wildman–Crippen MR) is 149 cm³/mol. The first-order chi connectivity index (χ1) is 19.2. The zero-order chi connectivity index (χ0) is 30.3. The maximum Gasteiger partial charge on any atom is 0.255 e. The van der Waals surface area contributed by atoms with E-state index in [9.17, 15) is 39.9 Å². The fraction of sp³-hybridized carbons (Fsp3) is 0.552. The number of anilines is 1. The van der Waals surface area contributed by atoms with Gasteiger partial charge in [0.2, 0.25) is 5.78 Å². The van der Waals surface area contributed by atoms with Gasteiger partial charge in [0.25, 0.3) is 5.91 Å². The maximum atomic E-state index is 14.1. The predicted octanol–water partition coefficient (Wildman–Crippen LogP) is 0.0262. The lowest BCUT2D eigenvalue weighted by molar-refractivity contribution is -0.169. The normalized spacial score (nSPS) is 32.6. The molecule has 3 aliphatic carbocycles. The number of likely N-dealkylation sites (tertiary alicyclic amines) is 1. The number of nitrogens with zero attached hydrogens (tertiary/aromatic N) is 3. The van der Waals surface area contributed by atoms with Crippen LogP contribution in [0.5, 0.6) is 5.75 Å². The van der Waals surface area contributed by atoms with Crippen molar-refractivity contribution in [2.45, 2.75) is 49.5 Å². The molecule has 222 valence electrons. The summed E-state index contributed by atoms with van der Waals surface area (Å²) in [5.41, 5.74) is 2.04. The van der Waals surface area contributed by atoms with Crippen molar-refractivity contribution >= 4 is 28.9 Å². The molecule has 0 radical (unpaired) electrons. The third-order valence-corrected chi connectivity index (χ3v) is 9.72. The molecule has 0 bridgehead atoms. The Bertz CT molecular complexity index is 1400. The smallest absolute Gasteiger partial charge is 0.255 e. The Kier molecular flexibility index (Phi) is 6.97. The van der Waals surface area contributed by atoms with Crippen LogP contribution >= 0.6 is 0 Å². The molecule has 0 unspecified atom stereocenters. The number of amides is 1. The van der Waals surface area contributed by atoms with E-state index in [0.29, 0.717) is 11.3 Å². The lowest BCUT2D eigenvalue weighted by Gasteiger charge is -2.53. The molecule has 12 nitrogen and oxygen atoms in total. The minimum atomic E-state index is -2.93. The van der Waals surface area contributed by atoms with Crippen LogP contribution in [0.3, 0.4) is 0 Å². The first kappa shape index (κ1) is 29.1. The number of hydrogen-bond donors (Lipinski definition) is 6. The summed E-state index contributed by atoms with van der Waals surface area (Å²) in [5.74, 6) is -8.88. The van der Waals surface area contributed by atoms with Crippen LogP contribution in [-0.2, 0) is 14.4 Å². The van der Waals surface area contributed by atoms with Crippen LogP contribution in [0, 0.1) is 11.8 Å². The van der Waals surface area contributed by atoms with Gasteiger partial charge in [-0.25, -0.2) is 0 Å². The Morgan fingerprint density at radius 1 is 1.10 bits per heavy atom. The third-order valence-electron chi connectivity index (χ3n) is 9.72. The second kappa shape index (κ2) is 9.83. The minimum absolute atomic E-state index is 0.00160. The molecular formula is C29H38N4O8. The summed E-state index contributed by atoms with van der Waals surface area (Å²) in [4.78, 5) is 45.1. The molecule has 7 N–H and O–H groups in total. The van der Waals surface area contributed by atoms with E-state index in [0.717, 1.165) is 25.9 Å². The zero-order valence-corrected chi connectivity index (χ0v) is 23.8. The zero-order valence-electron chi connectivity index (χ0n) is 23.8. The molecule has 41 heavy (non-hydrogen) atoms. The van der Waals surface area contributed by atoms with Crippen molar-refractivity contribution in [1.29, 1.82) is 0 Å². The lowest BCUT2D eigenvalue weighted by Crippen LogP contribution is -2.70. The molecule has 1 aliphatic heterocycles. The monoisotopic (exact) mass is 570 g/mol. The van der Waals surface area contributed by atoms with Gasteiger partial charge < -0.3 is 41.1 Å². The molecule has 12 heteroatoms. The van der Waals surface area contributed by atoms with Crippen LogP contribution in [0.1, 0.15) is 36.8 Å². The van der Waals surface area contributed by atoms with Gasteiger partial charge >= 0.3 is 0 Å². The number of benzene rings is 1. The fourth-order valence-corrected chi connectivity index (χ4v) is 7.47. The molecule has 4 aliphatic rings. The molecular weight excluding hydrogens is 532 g/mol. The number of likely N-dealkylation sites (N-methyl/N-ethyl adjacent to an activating group) is 1. The van der Waals surface area contributed by atoms with Gasteiger partial charge in [0.15, 0.2) is 11.4 Å². The third kappa shape index (κ3) is 3.92. The van der Waals surface area contributed by atoms with Gasteiger partial charge in [0.05, 0.1) is 29.3 Å². The van der Waals surface area contributed by atoms with Gasteiger partial charge in [0, 0.05) is 24.6 Å². The number of primary amides is 1. The number of fused-ring (bicyclic) bond motifs is 3. The summed E-state index contributed by atoms with van der Waals surface area (Å²) in [6.07, 6.45) is 0.122. The molecule has 1 amide bonds. The van der Waals surface area contributed by atoms with Gasteiger partial charge in [-0.3, -0.25) is 19.3 Å². The molecule has 1 saturated heterocycles. The fourth-order valence-electron chi connectivity index (χ4n) is 7.47. The van der Waals surface area contributed by atoms with Crippen LogP contribution in [0.4, 0.5) is 5.69 Å². The SMILES string of the molecule is C[C@H]1c2ccc(N(C)C3CCN(C)CC3)c(O)c2C(O)=C2C(=O)[C@@]3(O)C(O)=C(C(N)=O)C(=O)[C@H](N(C)C)[C@@H]3[C@@H](O)[C@@H]21. The van der Waals surface area contributed by atoms with Crippen LogP contribution in [0.15, 0.2) is 29.0 Å². The number of carbonyl (C=O) groups excluding carboxylic acids is 3. The molecule has 0 aromatic heterocycles. The number of aliphatic hydroxyl groups excluding tert-OH is 3. The van der Waals surface area contributed by atoms with Crippen LogP contribution in [-0.4, -0.2) is 118 Å². The van der Waals surface area contributed by atoms with Crippen molar-refractivity contribution in [2.75, 3.05) is 46.2 Å². The molecule has 6 atom stereocenters. The number of ketones is 2. The molecule has 5 rings (SSSR count). The number of aliphatic hydroxyl groups is 4. The van der Waals surface area contributed by atoms with Crippen molar-refractivity contribution in [2.24, 2.45) is 17.6 Å². The number of carbonyl (C=O) groups is 3. The number of aromatic hydroxyl groups is 1. The topological polar surface area (TPSA) is 188 Å². The Morgan fingerprint density at radius 3 is 2.27 bits per heavy atom. The van der Waals surface area contributed by atoms with Crippen molar-refractivity contribution in [3.05, 3.63) is 40.2 Å². The minimum Gasteiger partial charge on any atom is -0.508 e. The molecule has 1 saturated carbocycles. The average Bonchev–Trinajstić information content (AvgIpc) is 2.90. The van der Waals surface area contributed by atoms with E-state index in [2.05, 4.69) is 4.90 Å². The molecule has 2 fully saturated rings. The molecule has 1 aromatic rings. The first-order valence-corrected chi connectivity index (χ1v) is 13.8. The molecule has 1 aromatic carbocycles. The number of Topliss-reactive ketones (excluding diaryl/α,β-unsaturated/α-hetero) is 2. The average molecular weight is 571 g/mol. The van der Waals surface area contributed by atoms with Crippen LogP contribution < -0.4 is 10.6 Å². The van der Waals surface area contributed by atoms with Crippen LogP contribution in [0.2, 0.25) is 0 Å². The highest BCUT2D eigenvalue weighted by Gasteiger charge is 2.68. The quantitative estimate of drug-likeness (QED) is 0.268. The summed E-state index contributed by atoms with van der Waals surface area (Å²) in [5, 5.41) is 57.6. The van der Waals surface area contributed by atoms with Gasteiger partial charge in [-0.05, 0) is 64.6 Å². The van der Waals surface area contributed by atoms with Crippen molar-refractivity contribution in [1.82, 2.24) is 9.80 Å². The van der Waals surface area contributed by atoms with E-state index in [-0.39, 0.29) is 17.4 Å². The highest BCUT2D eigenvalue weighted by atomic mass is 16.4. The summed E-state index contributed by atoms with van der Waals surface area (Å²) >= 11 is 0. The standard InChI is InChI=1S/C29H38N4O8/c1-12-14-6-7-15(33(5)13-8-10-32(4)11-9-13)22(34)17(14)23(35)18-16(12)24(36)20-21(31(2)3)25(37)19(28(30)40)27(39)29(20,41)26(18)38/h6-7,12-13,16,20-21,24,34-36,39,41H,8-11H2,1-5H3,(H2,30,40)/t12-,16+,20+,21+,24-,29+/m0/s1. The maximum absolute atomic E-state index is 14.1. The Morgan fingerprint density at radius 2 is 1.71 bits per heavy atom. The number of piperidine rings is 1. The van der Waals surface area contributed by atoms with E-state index in [1.807, 2.05) is 19.0 Å². The Balaban J connectivity index is 1.69. The Hall–Kier alpha value is -3.45. The summed E-state index contributed by atoms with van der Waals surface area (Å²) < 4.78 is 0. The lowest BCUT2D eigenvalue weighted by atomic mass is 9.54. The summed E-state index contributed by atoms with van der Waals surface area (Å²) in [7, 11) is 6.85. The molecule has 1 heterocycles. The van der Waals surface area contributed by atoms with Gasteiger partial charge in [-0.1, -0.05) is 13.0 Å². The number of phenolic OH excluding ortho intramolecular Hbond substituents is 1. The number of rotatable bonds is 4. The number of nitrogens with two attached hydrogens (primary N) is 1. The van der Waals surface area contributed by atoms with Crippen molar-refractivity contribution in [3.8, 4) is 5.75 Å². The molecule has 0 spiro atoms. The van der Waals surface area contributed by atoms with E-state index in [1.165, 1.54) is 19.0 Å². The van der Waals surface area contributed by atoms with Gasteiger partial charge in [-0.15, -0.1) is 0 Å². The largest absolute Gasteiger partial charge is 0.508 e. The van der Waals surface area contributed by atoms with E-state index in [4.69, 9.17) is 5.73 Å². The van der Waals surface area contributed by atoms with Gasteiger partial charge in [-0.2, -0.15) is 0 Å². The van der Waals surface area contributed by atoms with E-state index >= 15 is 0 Å². The van der Waals surface area contributed by atoms with Crippen molar-refractivity contribution in [3.63, 3.8) is 0 Å². The number of hydrogen-bond acceptors (Lipinski definition) is 11. The van der Waals surface area contributed by atoms with E-state index in [1.54, 1.807) is 19.1 Å². The summed E-state index contributed by atoms with van der Waals surface area (Å²) in [6, 6.07) is 2.24. The number of phenols is 1. The van der Waals surface area contributed by atoms with Crippen molar-refractivity contribution < 1.29 is 39.9 Å². The van der Waals surface area contributed by atoms with Crippen LogP contribution in [0.25, 0.3) is 5.76 Å².